The Balaban J connectivity index is 2.31. The molecule has 0 amide bonds. The lowest BCUT2D eigenvalue weighted by molar-refractivity contribution is 0.415. The molecule has 19 heavy (non-hydrogen) atoms. The fraction of sp³-hybridized carbons (Fsp3) is 0.143. The summed E-state index contributed by atoms with van der Waals surface area (Å²) in [5.41, 5.74) is 8.03. The number of nitrogen functional groups attached to an aromatic ring is 1. The van der Waals surface area contributed by atoms with Gasteiger partial charge < -0.3 is 15.8 Å². The molecule has 0 spiro atoms. The molecule has 0 fully saturated rings. The Hall–Kier alpha value is -1.94. The average molecular weight is 281 g/mol. The molecule has 0 aliphatic rings. The standard InChI is InChI=1S/C14H14ClFN2O/c1-8-5-13(12(17)7-11(8)16)18-9-3-4-14(19-2)10(15)6-9/h3-7,18H,17H2,1-2H3. The van der Waals surface area contributed by atoms with Gasteiger partial charge in [-0.1, -0.05) is 11.6 Å². The van der Waals surface area contributed by atoms with Crippen molar-refractivity contribution >= 4 is 28.7 Å². The highest BCUT2D eigenvalue weighted by Crippen LogP contribution is 2.31. The summed E-state index contributed by atoms with van der Waals surface area (Å²) in [6, 6.07) is 8.23. The third kappa shape index (κ3) is 2.90. The molecule has 0 unspecified atom stereocenters. The highest BCUT2D eigenvalue weighted by atomic mass is 35.5. The summed E-state index contributed by atoms with van der Waals surface area (Å²) in [6.07, 6.45) is 0. The van der Waals surface area contributed by atoms with Crippen molar-refractivity contribution in [2.45, 2.75) is 6.92 Å². The molecule has 0 atom stereocenters. The summed E-state index contributed by atoms with van der Waals surface area (Å²) in [6.45, 7) is 1.68. The number of ether oxygens (including phenoxy) is 1. The minimum atomic E-state index is -0.323. The third-order valence-corrected chi connectivity index (χ3v) is 3.06. The van der Waals surface area contributed by atoms with E-state index in [0.717, 1.165) is 5.69 Å². The fourth-order valence-electron chi connectivity index (χ4n) is 1.70. The van der Waals surface area contributed by atoms with E-state index in [4.69, 9.17) is 22.1 Å². The van der Waals surface area contributed by atoms with Gasteiger partial charge in [0.05, 0.1) is 23.5 Å². The van der Waals surface area contributed by atoms with Crippen LogP contribution in [-0.4, -0.2) is 7.11 Å². The van der Waals surface area contributed by atoms with Crippen LogP contribution in [0.1, 0.15) is 5.56 Å². The van der Waals surface area contributed by atoms with Crippen molar-refractivity contribution in [3.05, 3.63) is 46.7 Å². The van der Waals surface area contributed by atoms with E-state index < -0.39 is 0 Å². The molecule has 0 aliphatic carbocycles. The Labute approximate surface area is 116 Å². The van der Waals surface area contributed by atoms with Crippen LogP contribution in [0.4, 0.5) is 21.5 Å². The number of hydrogen-bond acceptors (Lipinski definition) is 3. The Bertz CT molecular complexity index is 617. The molecular formula is C14H14ClFN2O. The number of halogens is 2. The zero-order chi connectivity index (χ0) is 14.0. The van der Waals surface area contributed by atoms with Crippen molar-refractivity contribution in [2.75, 3.05) is 18.2 Å². The molecule has 0 saturated carbocycles. The smallest absolute Gasteiger partial charge is 0.137 e. The Morgan fingerprint density at radius 1 is 1.26 bits per heavy atom. The predicted molar refractivity (Wildman–Crippen MR) is 76.8 cm³/mol. The number of nitrogens with two attached hydrogens (primary N) is 1. The third-order valence-electron chi connectivity index (χ3n) is 2.76. The molecule has 0 bridgehead atoms. The van der Waals surface area contributed by atoms with E-state index in [1.807, 2.05) is 6.07 Å². The first-order valence-electron chi connectivity index (χ1n) is 5.67. The monoisotopic (exact) mass is 280 g/mol. The maximum atomic E-state index is 13.3. The summed E-state index contributed by atoms with van der Waals surface area (Å²) in [4.78, 5) is 0. The van der Waals surface area contributed by atoms with Crippen LogP contribution in [0.2, 0.25) is 5.02 Å². The molecule has 0 aliphatic heterocycles. The summed E-state index contributed by atoms with van der Waals surface area (Å²) in [5.74, 6) is 0.270. The largest absolute Gasteiger partial charge is 0.495 e. The van der Waals surface area contributed by atoms with Crippen LogP contribution in [0.15, 0.2) is 30.3 Å². The van der Waals surface area contributed by atoms with Crippen LogP contribution in [0.5, 0.6) is 5.75 Å². The number of hydrogen-bond donors (Lipinski definition) is 2. The van der Waals surface area contributed by atoms with Gasteiger partial charge in [-0.3, -0.25) is 0 Å². The first-order valence-corrected chi connectivity index (χ1v) is 6.05. The first-order chi connectivity index (χ1) is 9.01. The lowest BCUT2D eigenvalue weighted by Crippen LogP contribution is -1.99. The number of aryl methyl sites for hydroxylation is 1. The van der Waals surface area contributed by atoms with Crippen LogP contribution < -0.4 is 15.8 Å². The molecule has 0 heterocycles. The van der Waals surface area contributed by atoms with Crippen molar-refractivity contribution in [1.82, 2.24) is 0 Å². The molecule has 100 valence electrons. The van der Waals surface area contributed by atoms with Gasteiger partial charge in [0.1, 0.15) is 11.6 Å². The summed E-state index contributed by atoms with van der Waals surface area (Å²) in [7, 11) is 1.55. The normalized spacial score (nSPS) is 10.3. The van der Waals surface area contributed by atoms with Crippen LogP contribution >= 0.6 is 11.6 Å². The topological polar surface area (TPSA) is 47.3 Å². The van der Waals surface area contributed by atoms with E-state index >= 15 is 0 Å². The van der Waals surface area contributed by atoms with Crippen LogP contribution in [-0.2, 0) is 0 Å². The van der Waals surface area contributed by atoms with Gasteiger partial charge in [0.2, 0.25) is 0 Å². The second-order valence-corrected chi connectivity index (χ2v) is 4.57. The van der Waals surface area contributed by atoms with E-state index in [1.54, 1.807) is 32.2 Å². The molecule has 5 heteroatoms. The summed E-state index contributed by atoms with van der Waals surface area (Å²) >= 11 is 6.04. The molecule has 0 saturated heterocycles. The molecule has 3 nitrogen and oxygen atoms in total. The SMILES string of the molecule is COc1ccc(Nc2cc(C)c(F)cc2N)cc1Cl. The predicted octanol–water partition coefficient (Wildman–Crippen LogP) is 4.12. The molecular weight excluding hydrogens is 267 g/mol. The maximum absolute atomic E-state index is 13.3. The van der Waals surface area contributed by atoms with Crippen LogP contribution in [0, 0.1) is 12.7 Å². The van der Waals surface area contributed by atoms with E-state index in [9.17, 15) is 4.39 Å². The van der Waals surface area contributed by atoms with Crippen molar-refractivity contribution in [3.8, 4) is 5.75 Å². The van der Waals surface area contributed by atoms with Crippen molar-refractivity contribution in [1.29, 1.82) is 0 Å². The zero-order valence-electron chi connectivity index (χ0n) is 10.6. The highest BCUT2D eigenvalue weighted by molar-refractivity contribution is 6.32. The highest BCUT2D eigenvalue weighted by Gasteiger charge is 2.07. The lowest BCUT2D eigenvalue weighted by atomic mass is 10.1. The Kier molecular flexibility index (Phi) is 3.81. The van der Waals surface area contributed by atoms with Gasteiger partial charge in [0.15, 0.2) is 0 Å². The quantitative estimate of drug-likeness (QED) is 0.831. The van der Waals surface area contributed by atoms with Gasteiger partial charge in [-0.25, -0.2) is 4.39 Å². The van der Waals surface area contributed by atoms with Gasteiger partial charge in [0.25, 0.3) is 0 Å². The van der Waals surface area contributed by atoms with E-state index in [-0.39, 0.29) is 5.82 Å². The molecule has 2 aromatic carbocycles. The number of rotatable bonds is 3. The molecule has 0 radical (unpaired) electrons. The number of anilines is 3. The maximum Gasteiger partial charge on any atom is 0.137 e. The second-order valence-electron chi connectivity index (χ2n) is 4.16. The number of nitrogens with one attached hydrogen (secondary N) is 1. The lowest BCUT2D eigenvalue weighted by Gasteiger charge is -2.12. The van der Waals surface area contributed by atoms with E-state index in [1.165, 1.54) is 6.07 Å². The number of methoxy groups -OCH3 is 1. The Morgan fingerprint density at radius 3 is 2.63 bits per heavy atom. The van der Waals surface area contributed by atoms with Gasteiger partial charge in [0, 0.05) is 5.69 Å². The average Bonchev–Trinajstić information content (AvgIpc) is 2.36. The van der Waals surface area contributed by atoms with E-state index in [2.05, 4.69) is 5.32 Å². The molecule has 2 rings (SSSR count). The molecule has 0 aromatic heterocycles. The van der Waals surface area contributed by atoms with Crippen molar-refractivity contribution in [2.24, 2.45) is 0 Å². The van der Waals surface area contributed by atoms with Crippen molar-refractivity contribution < 1.29 is 9.13 Å². The second kappa shape index (κ2) is 5.36. The summed E-state index contributed by atoms with van der Waals surface area (Å²) in [5, 5.41) is 3.59. The van der Waals surface area contributed by atoms with Gasteiger partial charge in [-0.05, 0) is 42.8 Å². The van der Waals surface area contributed by atoms with Crippen LogP contribution in [0.25, 0.3) is 0 Å². The van der Waals surface area contributed by atoms with Gasteiger partial charge in [-0.15, -0.1) is 0 Å². The Morgan fingerprint density at radius 2 is 2.00 bits per heavy atom. The number of benzene rings is 2. The molecule has 3 N–H and O–H groups in total. The first kappa shape index (κ1) is 13.5. The van der Waals surface area contributed by atoms with Crippen LogP contribution in [0.3, 0.4) is 0 Å². The summed E-state index contributed by atoms with van der Waals surface area (Å²) < 4.78 is 18.4. The van der Waals surface area contributed by atoms with E-state index in [0.29, 0.717) is 27.7 Å². The molecule has 2 aromatic rings. The van der Waals surface area contributed by atoms with Crippen molar-refractivity contribution in [3.63, 3.8) is 0 Å². The van der Waals surface area contributed by atoms with Gasteiger partial charge >= 0.3 is 0 Å². The minimum absolute atomic E-state index is 0.323. The van der Waals surface area contributed by atoms with Gasteiger partial charge in [-0.2, -0.15) is 0 Å². The minimum Gasteiger partial charge on any atom is -0.495 e. The zero-order valence-corrected chi connectivity index (χ0v) is 11.4. The fourth-order valence-corrected chi connectivity index (χ4v) is 1.96.